The van der Waals surface area contributed by atoms with Gasteiger partial charge in [0.2, 0.25) is 0 Å². The van der Waals surface area contributed by atoms with Crippen LogP contribution in [0.4, 0.5) is 0 Å². The van der Waals surface area contributed by atoms with Crippen LogP contribution in [0.5, 0.6) is 5.75 Å². The van der Waals surface area contributed by atoms with Crippen molar-refractivity contribution in [3.8, 4) is 5.75 Å². The van der Waals surface area contributed by atoms with Gasteiger partial charge in [-0.2, -0.15) is 0 Å². The van der Waals surface area contributed by atoms with Gasteiger partial charge in [0, 0.05) is 11.0 Å². The summed E-state index contributed by atoms with van der Waals surface area (Å²) < 4.78 is 5.85. The van der Waals surface area contributed by atoms with E-state index in [0.717, 1.165) is 11.1 Å². The van der Waals surface area contributed by atoms with Crippen LogP contribution in [0, 0.1) is 0 Å². The van der Waals surface area contributed by atoms with E-state index in [1.807, 2.05) is 61.5 Å². The summed E-state index contributed by atoms with van der Waals surface area (Å²) >= 11 is 0. The highest BCUT2D eigenvalue weighted by molar-refractivity contribution is 5.39. The highest BCUT2D eigenvalue weighted by atomic mass is 16.5. The lowest BCUT2D eigenvalue weighted by Crippen LogP contribution is -2.31. The number of para-hydroxylation sites is 1. The van der Waals surface area contributed by atoms with Gasteiger partial charge in [0.25, 0.3) is 0 Å². The maximum absolute atomic E-state index is 9.53. The third-order valence-corrected chi connectivity index (χ3v) is 3.47. The number of hydrogen-bond donors (Lipinski definition) is 2. The molecule has 2 aromatic rings. The van der Waals surface area contributed by atoms with Gasteiger partial charge in [-0.1, -0.05) is 55.5 Å². The largest absolute Gasteiger partial charge is 0.489 e. The smallest absolute Gasteiger partial charge is 0.123 e. The molecule has 0 saturated carbocycles. The second-order valence-corrected chi connectivity index (χ2v) is 5.15. The lowest BCUT2D eigenvalue weighted by atomic mass is 9.83. The van der Waals surface area contributed by atoms with Crippen molar-refractivity contribution in [3.05, 3.63) is 65.7 Å². The molecule has 106 valence electrons. The SMILES string of the molecule is CC(CO)(CO)c1ccccc1OCc1ccccc1. The van der Waals surface area contributed by atoms with Crippen molar-refractivity contribution in [2.45, 2.75) is 18.9 Å². The number of aliphatic hydroxyl groups excluding tert-OH is 2. The summed E-state index contributed by atoms with van der Waals surface area (Å²) in [6, 6.07) is 17.4. The summed E-state index contributed by atoms with van der Waals surface area (Å²) in [5.41, 5.74) is 1.20. The highest BCUT2D eigenvalue weighted by Crippen LogP contribution is 2.31. The van der Waals surface area contributed by atoms with Gasteiger partial charge in [0.05, 0.1) is 13.2 Å². The Morgan fingerprint density at radius 2 is 1.50 bits per heavy atom. The first kappa shape index (κ1) is 14.6. The summed E-state index contributed by atoms with van der Waals surface area (Å²) in [5.74, 6) is 0.696. The maximum atomic E-state index is 9.53. The summed E-state index contributed by atoms with van der Waals surface area (Å²) in [6.45, 7) is 2.02. The summed E-state index contributed by atoms with van der Waals surface area (Å²) in [5, 5.41) is 19.1. The lowest BCUT2D eigenvalue weighted by Gasteiger charge is -2.27. The summed E-state index contributed by atoms with van der Waals surface area (Å²) in [6.07, 6.45) is 0. The predicted octanol–water partition coefficient (Wildman–Crippen LogP) is 2.51. The fourth-order valence-electron chi connectivity index (χ4n) is 2.05. The van der Waals surface area contributed by atoms with Gasteiger partial charge in [-0.3, -0.25) is 0 Å². The van der Waals surface area contributed by atoms with Crippen molar-refractivity contribution in [1.29, 1.82) is 0 Å². The Hall–Kier alpha value is -1.84. The van der Waals surface area contributed by atoms with E-state index in [-0.39, 0.29) is 13.2 Å². The zero-order chi connectivity index (χ0) is 14.4. The minimum Gasteiger partial charge on any atom is -0.489 e. The molecule has 3 nitrogen and oxygen atoms in total. The van der Waals surface area contributed by atoms with Crippen LogP contribution >= 0.6 is 0 Å². The van der Waals surface area contributed by atoms with Gasteiger partial charge >= 0.3 is 0 Å². The van der Waals surface area contributed by atoms with Crippen LogP contribution in [-0.4, -0.2) is 23.4 Å². The molecule has 0 heterocycles. The zero-order valence-corrected chi connectivity index (χ0v) is 11.6. The van der Waals surface area contributed by atoms with E-state index >= 15 is 0 Å². The van der Waals surface area contributed by atoms with Crippen molar-refractivity contribution >= 4 is 0 Å². The van der Waals surface area contributed by atoms with E-state index in [0.29, 0.717) is 12.4 Å². The monoisotopic (exact) mass is 272 g/mol. The molecule has 0 spiro atoms. The van der Waals surface area contributed by atoms with Gasteiger partial charge in [-0.25, -0.2) is 0 Å². The average molecular weight is 272 g/mol. The molecular formula is C17H20O3. The van der Waals surface area contributed by atoms with Gasteiger partial charge in [-0.05, 0) is 11.6 Å². The zero-order valence-electron chi connectivity index (χ0n) is 11.6. The predicted molar refractivity (Wildman–Crippen MR) is 78.7 cm³/mol. The Kier molecular flexibility index (Phi) is 4.77. The second-order valence-electron chi connectivity index (χ2n) is 5.15. The van der Waals surface area contributed by atoms with E-state index in [1.165, 1.54) is 0 Å². The molecule has 0 aliphatic heterocycles. The fourth-order valence-corrected chi connectivity index (χ4v) is 2.05. The van der Waals surface area contributed by atoms with E-state index in [9.17, 15) is 10.2 Å². The minimum absolute atomic E-state index is 0.130. The summed E-state index contributed by atoms with van der Waals surface area (Å²) in [4.78, 5) is 0. The van der Waals surface area contributed by atoms with Crippen molar-refractivity contribution in [1.82, 2.24) is 0 Å². The number of ether oxygens (including phenoxy) is 1. The number of rotatable bonds is 6. The molecule has 20 heavy (non-hydrogen) atoms. The second kappa shape index (κ2) is 6.55. The van der Waals surface area contributed by atoms with Crippen LogP contribution in [0.15, 0.2) is 54.6 Å². The Bertz CT molecular complexity index is 533. The van der Waals surface area contributed by atoms with Crippen LogP contribution in [0.1, 0.15) is 18.1 Å². The Morgan fingerprint density at radius 3 is 2.15 bits per heavy atom. The van der Waals surface area contributed by atoms with Crippen LogP contribution in [0.25, 0.3) is 0 Å². The maximum Gasteiger partial charge on any atom is 0.123 e. The minimum atomic E-state index is -0.701. The molecule has 0 aliphatic rings. The van der Waals surface area contributed by atoms with Crippen molar-refractivity contribution in [2.24, 2.45) is 0 Å². The topological polar surface area (TPSA) is 49.7 Å². The van der Waals surface area contributed by atoms with Crippen molar-refractivity contribution in [3.63, 3.8) is 0 Å². The molecule has 0 fully saturated rings. The molecule has 0 saturated heterocycles. The summed E-state index contributed by atoms with van der Waals surface area (Å²) in [7, 11) is 0. The normalized spacial score (nSPS) is 11.3. The molecule has 2 N–H and O–H groups in total. The molecule has 0 aliphatic carbocycles. The third kappa shape index (κ3) is 3.18. The molecule has 0 atom stereocenters. The van der Waals surface area contributed by atoms with E-state index in [4.69, 9.17) is 4.74 Å². The first-order valence-electron chi connectivity index (χ1n) is 6.67. The van der Waals surface area contributed by atoms with Crippen LogP contribution < -0.4 is 4.74 Å². The number of aliphatic hydroxyl groups is 2. The molecule has 0 aromatic heterocycles. The standard InChI is InChI=1S/C17H20O3/c1-17(12-18,13-19)15-9-5-6-10-16(15)20-11-14-7-3-2-4-8-14/h2-10,18-19H,11-13H2,1H3. The molecule has 0 amide bonds. The van der Waals surface area contributed by atoms with Crippen molar-refractivity contribution in [2.75, 3.05) is 13.2 Å². The Balaban J connectivity index is 2.20. The first-order chi connectivity index (χ1) is 9.69. The molecule has 2 aromatic carbocycles. The number of benzene rings is 2. The van der Waals surface area contributed by atoms with Crippen LogP contribution in [-0.2, 0) is 12.0 Å². The van der Waals surface area contributed by atoms with E-state index in [1.54, 1.807) is 0 Å². The molecule has 2 rings (SSSR count). The highest BCUT2D eigenvalue weighted by Gasteiger charge is 2.28. The molecule has 0 unspecified atom stereocenters. The van der Waals surface area contributed by atoms with Crippen LogP contribution in [0.2, 0.25) is 0 Å². The quantitative estimate of drug-likeness (QED) is 0.849. The molecule has 0 bridgehead atoms. The Labute approximate surface area is 119 Å². The first-order valence-corrected chi connectivity index (χ1v) is 6.67. The van der Waals surface area contributed by atoms with Crippen LogP contribution in [0.3, 0.4) is 0 Å². The van der Waals surface area contributed by atoms with Gasteiger partial charge in [-0.15, -0.1) is 0 Å². The Morgan fingerprint density at radius 1 is 0.900 bits per heavy atom. The van der Waals surface area contributed by atoms with E-state index in [2.05, 4.69) is 0 Å². The van der Waals surface area contributed by atoms with E-state index < -0.39 is 5.41 Å². The van der Waals surface area contributed by atoms with Gasteiger partial charge in [0.15, 0.2) is 0 Å². The van der Waals surface area contributed by atoms with Gasteiger partial charge < -0.3 is 14.9 Å². The fraction of sp³-hybridized carbons (Fsp3) is 0.294. The lowest BCUT2D eigenvalue weighted by molar-refractivity contribution is 0.126. The molecular weight excluding hydrogens is 252 g/mol. The van der Waals surface area contributed by atoms with Crippen molar-refractivity contribution < 1.29 is 14.9 Å². The molecule has 3 heteroatoms. The van der Waals surface area contributed by atoms with Gasteiger partial charge in [0.1, 0.15) is 12.4 Å². The number of hydrogen-bond acceptors (Lipinski definition) is 3. The third-order valence-electron chi connectivity index (χ3n) is 3.47. The average Bonchev–Trinajstić information content (AvgIpc) is 2.53. The molecule has 0 radical (unpaired) electrons.